The average Bonchev–Trinajstić information content (AvgIpc) is 2.61. The van der Waals surface area contributed by atoms with Crippen LogP contribution in [0.25, 0.3) is 0 Å². The first kappa shape index (κ1) is 20.8. The number of aliphatic hydroxyl groups excluding tert-OH is 1. The quantitative estimate of drug-likeness (QED) is 0.813. The summed E-state index contributed by atoms with van der Waals surface area (Å²) in [5.41, 5.74) is 1.97. The van der Waals surface area contributed by atoms with E-state index in [-0.39, 0.29) is 6.09 Å². The number of piperazine rings is 1. The Balaban J connectivity index is 0.00000151. The van der Waals surface area contributed by atoms with Crippen molar-refractivity contribution in [2.45, 2.75) is 26.4 Å². The molecule has 1 aliphatic heterocycles. The van der Waals surface area contributed by atoms with Crippen LogP contribution in [0.1, 0.15) is 31.1 Å². The van der Waals surface area contributed by atoms with Crippen LogP contribution in [0.15, 0.2) is 18.2 Å². The molecule has 2 rings (SSSR count). The molecular weight excluding hydrogens is 322 g/mol. The zero-order chi connectivity index (χ0) is 19.0. The van der Waals surface area contributed by atoms with E-state index in [0.29, 0.717) is 31.7 Å². The van der Waals surface area contributed by atoms with E-state index in [1.807, 2.05) is 40.0 Å². The predicted octanol–water partition coefficient (Wildman–Crippen LogP) is 2.21. The second kappa shape index (κ2) is 9.27. The van der Waals surface area contributed by atoms with E-state index in [9.17, 15) is 9.59 Å². The van der Waals surface area contributed by atoms with Crippen molar-refractivity contribution in [2.75, 3.05) is 50.6 Å². The van der Waals surface area contributed by atoms with E-state index in [4.69, 9.17) is 9.84 Å². The molecule has 0 aliphatic carbocycles. The SMILES string of the molecule is CNc1c(C=O)cccc1N1CCN(C(=O)OC(C)(C)C)CC1.CO. The monoisotopic (exact) mass is 351 g/mol. The summed E-state index contributed by atoms with van der Waals surface area (Å²) < 4.78 is 5.41. The van der Waals surface area contributed by atoms with Gasteiger partial charge in [0.2, 0.25) is 0 Å². The van der Waals surface area contributed by atoms with Crippen LogP contribution in [0.5, 0.6) is 0 Å². The zero-order valence-electron chi connectivity index (χ0n) is 15.7. The lowest BCUT2D eigenvalue weighted by Gasteiger charge is -2.37. The molecule has 0 saturated carbocycles. The summed E-state index contributed by atoms with van der Waals surface area (Å²) in [5.74, 6) is 0. The van der Waals surface area contributed by atoms with Gasteiger partial charge in [0.05, 0.1) is 11.4 Å². The van der Waals surface area contributed by atoms with Gasteiger partial charge in [0.25, 0.3) is 0 Å². The highest BCUT2D eigenvalue weighted by Crippen LogP contribution is 2.29. The van der Waals surface area contributed by atoms with E-state index in [1.165, 1.54) is 0 Å². The van der Waals surface area contributed by atoms with Crippen LogP contribution in [-0.4, -0.2) is 68.3 Å². The number of hydrogen-bond acceptors (Lipinski definition) is 6. The van der Waals surface area contributed by atoms with Gasteiger partial charge in [-0.05, 0) is 32.9 Å². The highest BCUT2D eigenvalue weighted by molar-refractivity contribution is 5.90. The van der Waals surface area contributed by atoms with Crippen LogP contribution in [0, 0.1) is 0 Å². The largest absolute Gasteiger partial charge is 0.444 e. The number of rotatable bonds is 3. The fourth-order valence-corrected chi connectivity index (χ4v) is 2.65. The van der Waals surface area contributed by atoms with Gasteiger partial charge >= 0.3 is 6.09 Å². The molecule has 1 amide bonds. The zero-order valence-corrected chi connectivity index (χ0v) is 15.7. The van der Waals surface area contributed by atoms with Crippen LogP contribution in [-0.2, 0) is 4.74 Å². The second-order valence-corrected chi connectivity index (χ2v) is 6.56. The maximum absolute atomic E-state index is 12.1. The number of carbonyl (C=O) groups is 2. The number of nitrogens with zero attached hydrogens (tertiary/aromatic N) is 2. The number of benzene rings is 1. The summed E-state index contributed by atoms with van der Waals surface area (Å²) in [4.78, 5) is 27.2. The first-order chi connectivity index (χ1) is 11.9. The minimum atomic E-state index is -0.480. The molecule has 0 unspecified atom stereocenters. The molecule has 7 heteroatoms. The van der Waals surface area contributed by atoms with Gasteiger partial charge in [0.15, 0.2) is 6.29 Å². The van der Waals surface area contributed by atoms with Gasteiger partial charge in [-0.2, -0.15) is 0 Å². The normalized spacial score (nSPS) is 14.3. The van der Waals surface area contributed by atoms with Crippen molar-refractivity contribution in [1.82, 2.24) is 4.90 Å². The Morgan fingerprint density at radius 1 is 1.20 bits per heavy atom. The Labute approximate surface area is 149 Å². The van der Waals surface area contributed by atoms with Crippen molar-refractivity contribution >= 4 is 23.8 Å². The molecule has 0 radical (unpaired) electrons. The van der Waals surface area contributed by atoms with E-state index in [2.05, 4.69) is 10.2 Å². The standard InChI is InChI=1S/C17H25N3O3.CH4O/c1-17(2,3)23-16(22)20-10-8-19(9-11-20)14-7-5-6-13(12-21)15(14)18-4;1-2/h5-7,12,18H,8-11H2,1-4H3;2H,1H3. The van der Waals surface area contributed by atoms with E-state index in [1.54, 1.807) is 11.0 Å². The Hall–Kier alpha value is -2.28. The molecule has 1 fully saturated rings. The predicted molar refractivity (Wildman–Crippen MR) is 99.5 cm³/mol. The number of hydrogen-bond donors (Lipinski definition) is 2. The first-order valence-electron chi connectivity index (χ1n) is 8.29. The molecule has 140 valence electrons. The van der Waals surface area contributed by atoms with Gasteiger partial charge in [-0.3, -0.25) is 4.79 Å². The molecule has 0 spiro atoms. The number of carbonyl (C=O) groups excluding carboxylic acids is 2. The van der Waals surface area contributed by atoms with Crippen LogP contribution in [0.4, 0.5) is 16.2 Å². The van der Waals surface area contributed by atoms with Crippen molar-refractivity contribution in [3.63, 3.8) is 0 Å². The third-order valence-electron chi connectivity index (χ3n) is 3.72. The fourth-order valence-electron chi connectivity index (χ4n) is 2.65. The van der Waals surface area contributed by atoms with Crippen LogP contribution in [0.3, 0.4) is 0 Å². The molecule has 25 heavy (non-hydrogen) atoms. The molecule has 1 aromatic rings. The highest BCUT2D eigenvalue weighted by atomic mass is 16.6. The average molecular weight is 351 g/mol. The highest BCUT2D eigenvalue weighted by Gasteiger charge is 2.26. The molecular formula is C18H29N3O4. The summed E-state index contributed by atoms with van der Waals surface area (Å²) in [6, 6.07) is 5.65. The van der Waals surface area contributed by atoms with E-state index >= 15 is 0 Å². The number of para-hydroxylation sites is 1. The minimum Gasteiger partial charge on any atom is -0.444 e. The molecule has 0 atom stereocenters. The van der Waals surface area contributed by atoms with Crippen LogP contribution < -0.4 is 10.2 Å². The molecule has 7 nitrogen and oxygen atoms in total. The van der Waals surface area contributed by atoms with Gasteiger partial charge in [0, 0.05) is 45.9 Å². The van der Waals surface area contributed by atoms with Crippen molar-refractivity contribution in [2.24, 2.45) is 0 Å². The summed E-state index contributed by atoms with van der Waals surface area (Å²) >= 11 is 0. The number of aldehydes is 1. The fraction of sp³-hybridized carbons (Fsp3) is 0.556. The van der Waals surface area contributed by atoms with Gasteiger partial charge in [0.1, 0.15) is 5.60 Å². The summed E-state index contributed by atoms with van der Waals surface area (Å²) in [6.07, 6.45) is 0.583. The van der Waals surface area contributed by atoms with Crippen LogP contribution >= 0.6 is 0 Å². The molecule has 1 aromatic carbocycles. The smallest absolute Gasteiger partial charge is 0.410 e. The Bertz CT molecular complexity index is 576. The number of anilines is 2. The lowest BCUT2D eigenvalue weighted by Crippen LogP contribution is -2.50. The van der Waals surface area contributed by atoms with Crippen LogP contribution in [0.2, 0.25) is 0 Å². The maximum atomic E-state index is 12.1. The lowest BCUT2D eigenvalue weighted by molar-refractivity contribution is 0.0240. The van der Waals surface area contributed by atoms with Gasteiger partial charge in [-0.15, -0.1) is 0 Å². The molecule has 0 bridgehead atoms. The Kier molecular flexibility index (Phi) is 7.70. The Morgan fingerprint density at radius 2 is 1.80 bits per heavy atom. The molecule has 2 N–H and O–H groups in total. The third-order valence-corrected chi connectivity index (χ3v) is 3.72. The molecule has 1 heterocycles. The third kappa shape index (κ3) is 5.63. The van der Waals surface area contributed by atoms with Crippen molar-refractivity contribution in [3.8, 4) is 0 Å². The van der Waals surface area contributed by atoms with Gasteiger partial charge < -0.3 is 25.0 Å². The number of nitrogens with one attached hydrogen (secondary N) is 1. The maximum Gasteiger partial charge on any atom is 0.410 e. The second-order valence-electron chi connectivity index (χ2n) is 6.56. The van der Waals surface area contributed by atoms with Crippen molar-refractivity contribution in [1.29, 1.82) is 0 Å². The van der Waals surface area contributed by atoms with E-state index < -0.39 is 5.60 Å². The van der Waals surface area contributed by atoms with Gasteiger partial charge in [-0.25, -0.2) is 4.79 Å². The topological polar surface area (TPSA) is 82.1 Å². The summed E-state index contributed by atoms with van der Waals surface area (Å²) in [6.45, 7) is 8.21. The van der Waals surface area contributed by atoms with Crippen molar-refractivity contribution in [3.05, 3.63) is 23.8 Å². The minimum absolute atomic E-state index is 0.271. The first-order valence-corrected chi connectivity index (χ1v) is 8.29. The van der Waals surface area contributed by atoms with E-state index in [0.717, 1.165) is 24.8 Å². The molecule has 0 aromatic heterocycles. The number of amides is 1. The summed E-state index contributed by atoms with van der Waals surface area (Å²) in [5, 5.41) is 10.1. The Morgan fingerprint density at radius 3 is 2.28 bits per heavy atom. The lowest BCUT2D eigenvalue weighted by atomic mass is 10.1. The number of aliphatic hydroxyl groups is 1. The van der Waals surface area contributed by atoms with Crippen molar-refractivity contribution < 1.29 is 19.4 Å². The summed E-state index contributed by atoms with van der Waals surface area (Å²) in [7, 11) is 2.81. The molecule has 1 saturated heterocycles. The van der Waals surface area contributed by atoms with Gasteiger partial charge in [-0.1, -0.05) is 6.07 Å². The number of ether oxygens (including phenoxy) is 1. The molecule has 1 aliphatic rings.